The third-order valence-corrected chi connectivity index (χ3v) is 4.07. The van der Waals surface area contributed by atoms with Crippen LogP contribution < -0.4 is 15.8 Å². The molecule has 19 heavy (non-hydrogen) atoms. The molecule has 1 amide bonds. The molecule has 0 unspecified atom stereocenters. The summed E-state index contributed by atoms with van der Waals surface area (Å²) in [4.78, 5) is 13.6. The number of methoxy groups -OCH3 is 1. The van der Waals surface area contributed by atoms with Gasteiger partial charge in [0.05, 0.1) is 12.0 Å². The van der Waals surface area contributed by atoms with Gasteiger partial charge >= 0.3 is 0 Å². The van der Waals surface area contributed by atoms with Gasteiger partial charge in [-0.1, -0.05) is 15.9 Å². The molecule has 100 valence electrons. The molecule has 1 aromatic heterocycles. The number of nitrogens with two attached hydrogens (primary N) is 1. The van der Waals surface area contributed by atoms with E-state index in [0.29, 0.717) is 22.0 Å². The molecule has 0 fully saturated rings. The molecule has 0 saturated heterocycles. The predicted molar refractivity (Wildman–Crippen MR) is 82.1 cm³/mol. The zero-order valence-electron chi connectivity index (χ0n) is 10.5. The molecule has 6 heteroatoms. The molecule has 0 aliphatic rings. The molecule has 0 spiro atoms. The van der Waals surface area contributed by atoms with E-state index in [2.05, 4.69) is 21.2 Å². The molecule has 0 aliphatic carbocycles. The molecule has 0 atom stereocenters. The summed E-state index contributed by atoms with van der Waals surface area (Å²) in [7, 11) is 1.58. The van der Waals surface area contributed by atoms with Crippen LogP contribution in [0.4, 0.5) is 11.4 Å². The van der Waals surface area contributed by atoms with Gasteiger partial charge in [0.25, 0.3) is 5.91 Å². The number of amides is 1. The number of carbonyl (C=O) groups excluding carboxylic acids is 1. The highest BCUT2D eigenvalue weighted by Gasteiger charge is 2.12. The van der Waals surface area contributed by atoms with E-state index >= 15 is 0 Å². The standard InChI is InChI=1S/C13H13BrN2O2S/c1-7-11(15)6-12(19-7)13(17)16-9-3-8(14)4-10(5-9)18-2/h3-6H,15H2,1-2H3,(H,16,17). The number of benzene rings is 1. The summed E-state index contributed by atoms with van der Waals surface area (Å²) in [6.07, 6.45) is 0. The smallest absolute Gasteiger partial charge is 0.265 e. The Bertz CT molecular complexity index is 606. The van der Waals surface area contributed by atoms with Gasteiger partial charge in [0.2, 0.25) is 0 Å². The summed E-state index contributed by atoms with van der Waals surface area (Å²) in [5.74, 6) is 0.497. The van der Waals surface area contributed by atoms with Crippen LogP contribution in [0.3, 0.4) is 0 Å². The van der Waals surface area contributed by atoms with E-state index in [0.717, 1.165) is 9.35 Å². The second kappa shape index (κ2) is 5.63. The minimum Gasteiger partial charge on any atom is -0.497 e. The lowest BCUT2D eigenvalue weighted by molar-refractivity contribution is 0.103. The number of aryl methyl sites for hydroxylation is 1. The van der Waals surface area contributed by atoms with Crippen LogP contribution in [-0.4, -0.2) is 13.0 Å². The van der Waals surface area contributed by atoms with Gasteiger partial charge in [-0.05, 0) is 25.1 Å². The molecule has 0 bridgehead atoms. The lowest BCUT2D eigenvalue weighted by atomic mass is 10.3. The van der Waals surface area contributed by atoms with Crippen molar-refractivity contribution in [1.82, 2.24) is 0 Å². The van der Waals surface area contributed by atoms with E-state index < -0.39 is 0 Å². The highest BCUT2D eigenvalue weighted by atomic mass is 79.9. The number of hydrogen-bond acceptors (Lipinski definition) is 4. The number of thiophene rings is 1. The molecule has 1 aromatic carbocycles. The highest BCUT2D eigenvalue weighted by Crippen LogP contribution is 2.27. The van der Waals surface area contributed by atoms with Gasteiger partial charge < -0.3 is 15.8 Å². The number of hydrogen-bond donors (Lipinski definition) is 2. The fourth-order valence-corrected chi connectivity index (χ4v) is 2.86. The first-order valence-corrected chi connectivity index (χ1v) is 7.12. The zero-order valence-corrected chi connectivity index (χ0v) is 12.9. The molecule has 3 N–H and O–H groups in total. The largest absolute Gasteiger partial charge is 0.497 e. The quantitative estimate of drug-likeness (QED) is 0.895. The number of ether oxygens (including phenoxy) is 1. The summed E-state index contributed by atoms with van der Waals surface area (Å²) in [6, 6.07) is 7.07. The minimum absolute atomic E-state index is 0.176. The molecular weight excluding hydrogens is 328 g/mol. The lowest BCUT2D eigenvalue weighted by Crippen LogP contribution is -2.10. The lowest BCUT2D eigenvalue weighted by Gasteiger charge is -2.07. The van der Waals surface area contributed by atoms with Crippen molar-refractivity contribution in [2.45, 2.75) is 6.92 Å². The van der Waals surface area contributed by atoms with E-state index in [1.165, 1.54) is 11.3 Å². The van der Waals surface area contributed by atoms with Gasteiger partial charge in [-0.15, -0.1) is 11.3 Å². The van der Waals surface area contributed by atoms with Crippen LogP contribution in [0.5, 0.6) is 5.75 Å². The van der Waals surface area contributed by atoms with Gasteiger partial charge in [-0.2, -0.15) is 0 Å². The first-order chi connectivity index (χ1) is 8.99. The van der Waals surface area contributed by atoms with Crippen molar-refractivity contribution in [2.24, 2.45) is 0 Å². The average molecular weight is 341 g/mol. The Morgan fingerprint density at radius 3 is 2.68 bits per heavy atom. The van der Waals surface area contributed by atoms with E-state index in [1.54, 1.807) is 19.2 Å². The number of rotatable bonds is 3. The Labute approximate surface area is 123 Å². The SMILES string of the molecule is COc1cc(Br)cc(NC(=O)c2cc(N)c(C)s2)c1. The molecule has 2 rings (SSSR count). The summed E-state index contributed by atoms with van der Waals surface area (Å²) in [5, 5.41) is 2.82. The van der Waals surface area contributed by atoms with Crippen molar-refractivity contribution in [3.8, 4) is 5.75 Å². The molecule has 0 saturated carbocycles. The summed E-state index contributed by atoms with van der Waals surface area (Å²) < 4.78 is 5.98. The molecule has 2 aromatic rings. The van der Waals surface area contributed by atoms with E-state index in [9.17, 15) is 4.79 Å². The van der Waals surface area contributed by atoms with Crippen molar-refractivity contribution in [1.29, 1.82) is 0 Å². The van der Waals surface area contributed by atoms with Crippen LogP contribution >= 0.6 is 27.3 Å². The average Bonchev–Trinajstić information content (AvgIpc) is 2.69. The Balaban J connectivity index is 2.21. The molecule has 0 aliphatic heterocycles. The van der Waals surface area contributed by atoms with Crippen molar-refractivity contribution >= 4 is 44.5 Å². The minimum atomic E-state index is -0.176. The Morgan fingerprint density at radius 2 is 2.11 bits per heavy atom. The van der Waals surface area contributed by atoms with Crippen LogP contribution in [0, 0.1) is 6.92 Å². The fourth-order valence-electron chi connectivity index (χ4n) is 1.55. The summed E-state index contributed by atoms with van der Waals surface area (Å²) in [6.45, 7) is 1.89. The van der Waals surface area contributed by atoms with Gasteiger partial charge in [-0.3, -0.25) is 4.79 Å². The first kappa shape index (κ1) is 13.9. The number of carbonyl (C=O) groups is 1. The second-order valence-corrected chi connectivity index (χ2v) is 6.13. The summed E-state index contributed by atoms with van der Waals surface area (Å²) >= 11 is 4.74. The Kier molecular flexibility index (Phi) is 4.11. The van der Waals surface area contributed by atoms with Crippen LogP contribution in [0.1, 0.15) is 14.5 Å². The van der Waals surface area contributed by atoms with Crippen LogP contribution in [0.15, 0.2) is 28.7 Å². The molecule has 4 nitrogen and oxygen atoms in total. The third kappa shape index (κ3) is 3.27. The second-order valence-electron chi connectivity index (χ2n) is 3.96. The summed E-state index contributed by atoms with van der Waals surface area (Å²) in [5.41, 5.74) is 7.05. The van der Waals surface area contributed by atoms with Crippen molar-refractivity contribution in [2.75, 3.05) is 18.2 Å². The Hall–Kier alpha value is -1.53. The third-order valence-electron chi connectivity index (χ3n) is 2.54. The van der Waals surface area contributed by atoms with Crippen molar-refractivity contribution < 1.29 is 9.53 Å². The maximum Gasteiger partial charge on any atom is 0.265 e. The maximum atomic E-state index is 12.1. The van der Waals surface area contributed by atoms with Gasteiger partial charge in [0.15, 0.2) is 0 Å². The topological polar surface area (TPSA) is 64.3 Å². The molecule has 1 heterocycles. The van der Waals surface area contributed by atoms with Crippen LogP contribution in [0.25, 0.3) is 0 Å². The molecular formula is C13H13BrN2O2S. The number of nitrogen functional groups attached to an aromatic ring is 1. The van der Waals surface area contributed by atoms with Crippen molar-refractivity contribution in [3.05, 3.63) is 38.5 Å². The predicted octanol–water partition coefficient (Wildman–Crippen LogP) is 3.66. The maximum absolute atomic E-state index is 12.1. The first-order valence-electron chi connectivity index (χ1n) is 5.51. The monoisotopic (exact) mass is 340 g/mol. The van der Waals surface area contributed by atoms with Gasteiger partial charge in [0.1, 0.15) is 5.75 Å². The van der Waals surface area contributed by atoms with E-state index in [1.807, 2.05) is 19.1 Å². The number of halogens is 1. The van der Waals surface area contributed by atoms with Gasteiger partial charge in [-0.25, -0.2) is 0 Å². The fraction of sp³-hybridized carbons (Fsp3) is 0.154. The number of anilines is 2. The normalized spacial score (nSPS) is 10.3. The number of nitrogens with one attached hydrogen (secondary N) is 1. The van der Waals surface area contributed by atoms with Crippen molar-refractivity contribution in [3.63, 3.8) is 0 Å². The van der Waals surface area contributed by atoms with Crippen LogP contribution in [0.2, 0.25) is 0 Å². The van der Waals surface area contributed by atoms with E-state index in [-0.39, 0.29) is 5.91 Å². The molecule has 0 radical (unpaired) electrons. The van der Waals surface area contributed by atoms with E-state index in [4.69, 9.17) is 10.5 Å². The Morgan fingerprint density at radius 1 is 1.37 bits per heavy atom. The highest BCUT2D eigenvalue weighted by molar-refractivity contribution is 9.10. The van der Waals surface area contributed by atoms with Crippen LogP contribution in [-0.2, 0) is 0 Å². The zero-order chi connectivity index (χ0) is 14.0. The van der Waals surface area contributed by atoms with Gasteiger partial charge in [0, 0.05) is 26.8 Å².